The van der Waals surface area contributed by atoms with Crippen LogP contribution in [0, 0.1) is 0 Å². The van der Waals surface area contributed by atoms with Crippen LogP contribution in [0.3, 0.4) is 0 Å². The number of hydrogen-bond donors (Lipinski definition) is 2. The molecule has 1 aliphatic rings. The van der Waals surface area contributed by atoms with Crippen LogP contribution >= 0.6 is 0 Å². The molecule has 1 heterocycles. The van der Waals surface area contributed by atoms with Gasteiger partial charge in [0.05, 0.1) is 12.4 Å². The summed E-state index contributed by atoms with van der Waals surface area (Å²) in [6.07, 6.45) is -5.90. The Morgan fingerprint density at radius 1 is 1.69 bits per heavy atom. The lowest BCUT2D eigenvalue weighted by Gasteiger charge is -2.22. The summed E-state index contributed by atoms with van der Waals surface area (Å²) >= 11 is 0. The lowest BCUT2D eigenvalue weighted by Crippen LogP contribution is -2.55. The van der Waals surface area contributed by atoms with Gasteiger partial charge in [0.2, 0.25) is 0 Å². The van der Waals surface area contributed by atoms with Gasteiger partial charge in [-0.15, -0.1) is 0 Å². The number of halogens is 3. The Balaban J connectivity index is 2.77. The number of alkyl halides is 3. The number of carbonyl (C=O) groups excluding carboxylic acids is 1. The second-order valence-corrected chi connectivity index (χ2v) is 2.49. The van der Waals surface area contributed by atoms with Gasteiger partial charge in [0.15, 0.2) is 5.72 Å². The van der Waals surface area contributed by atoms with Gasteiger partial charge >= 0.3 is 6.18 Å². The summed E-state index contributed by atoms with van der Waals surface area (Å²) in [7, 11) is 0. The van der Waals surface area contributed by atoms with Crippen molar-refractivity contribution in [1.29, 1.82) is 0 Å². The van der Waals surface area contributed by atoms with Crippen molar-refractivity contribution in [2.45, 2.75) is 18.3 Å². The smallest absolute Gasteiger partial charge is 0.431 e. The van der Waals surface area contributed by atoms with Crippen molar-refractivity contribution in [3.05, 3.63) is 0 Å². The Morgan fingerprint density at radius 3 is 2.46 bits per heavy atom. The van der Waals surface area contributed by atoms with E-state index in [0.717, 1.165) is 0 Å². The fraction of sp³-hybridized carbons (Fsp3) is 0.600. The number of carboxylic acids is 1. The van der Waals surface area contributed by atoms with E-state index in [2.05, 4.69) is 5.10 Å². The van der Waals surface area contributed by atoms with Gasteiger partial charge in [-0.05, 0) is 0 Å². The number of nitrogens with zero attached hydrogens (tertiary/aromatic N) is 1. The molecule has 0 aromatic carbocycles. The Labute approximate surface area is 69.9 Å². The van der Waals surface area contributed by atoms with Crippen molar-refractivity contribution < 1.29 is 28.2 Å². The number of aliphatic carboxylic acids is 1. The molecule has 1 rings (SSSR count). The highest BCUT2D eigenvalue weighted by Crippen LogP contribution is 2.26. The van der Waals surface area contributed by atoms with Crippen LogP contribution in [-0.2, 0) is 4.79 Å². The average molecular weight is 197 g/mol. The van der Waals surface area contributed by atoms with Crippen molar-refractivity contribution in [3.63, 3.8) is 0 Å². The van der Waals surface area contributed by atoms with Crippen LogP contribution in [0.2, 0.25) is 0 Å². The molecule has 1 aliphatic heterocycles. The number of carboxylic acid groups (broad SMARTS) is 1. The average Bonchev–Trinajstić information content (AvgIpc) is 2.31. The van der Waals surface area contributed by atoms with Crippen molar-refractivity contribution in [2.75, 3.05) is 0 Å². The van der Waals surface area contributed by atoms with Crippen LogP contribution in [0.25, 0.3) is 0 Å². The summed E-state index contributed by atoms with van der Waals surface area (Å²) in [6, 6.07) is 0. The first-order valence-corrected chi connectivity index (χ1v) is 3.10. The first-order valence-electron chi connectivity index (χ1n) is 3.10. The van der Waals surface area contributed by atoms with Crippen molar-refractivity contribution in [2.24, 2.45) is 5.10 Å². The van der Waals surface area contributed by atoms with Crippen LogP contribution in [0.5, 0.6) is 0 Å². The molecule has 13 heavy (non-hydrogen) atoms. The maximum Gasteiger partial charge on any atom is 0.431 e. The standard InChI is InChI=1S/C5H5F3N2O3/c6-5(7,8)2-1-4(13,3(11)12)10-9-2/h10,13H,1H2,(H,11,12)/p-1. The third-order valence-electron chi connectivity index (χ3n) is 1.46. The lowest BCUT2D eigenvalue weighted by molar-refractivity contribution is -0.326. The molecule has 0 saturated heterocycles. The first kappa shape index (κ1) is 9.78. The number of hydrogen-bond acceptors (Lipinski definition) is 5. The summed E-state index contributed by atoms with van der Waals surface area (Å²) in [5, 5.41) is 21.7. The maximum atomic E-state index is 11.9. The zero-order valence-electron chi connectivity index (χ0n) is 6.05. The second kappa shape index (κ2) is 2.59. The molecule has 0 aromatic heterocycles. The van der Waals surface area contributed by atoms with E-state index in [9.17, 15) is 23.1 Å². The molecule has 0 bridgehead atoms. The zero-order chi connectivity index (χ0) is 10.3. The molecule has 0 aliphatic carbocycles. The largest absolute Gasteiger partial charge is 0.545 e. The molecule has 8 heteroatoms. The Bertz CT molecular complexity index is 275. The number of rotatable bonds is 1. The zero-order valence-corrected chi connectivity index (χ0v) is 6.05. The van der Waals surface area contributed by atoms with E-state index in [-0.39, 0.29) is 0 Å². The molecule has 0 saturated carbocycles. The van der Waals surface area contributed by atoms with E-state index in [1.807, 2.05) is 0 Å². The molecule has 0 aromatic rings. The fourth-order valence-electron chi connectivity index (χ4n) is 0.763. The highest BCUT2D eigenvalue weighted by molar-refractivity contribution is 5.96. The van der Waals surface area contributed by atoms with Crippen molar-refractivity contribution >= 4 is 11.7 Å². The summed E-state index contributed by atoms with van der Waals surface area (Å²) in [5.74, 6) is -2.05. The minimum Gasteiger partial charge on any atom is -0.545 e. The second-order valence-electron chi connectivity index (χ2n) is 2.49. The fourth-order valence-corrected chi connectivity index (χ4v) is 0.763. The number of aliphatic hydroxyl groups is 1. The normalized spacial score (nSPS) is 28.2. The molecule has 74 valence electrons. The Kier molecular flexibility index (Phi) is 1.95. The summed E-state index contributed by atoms with van der Waals surface area (Å²) in [5.41, 5.74) is -2.67. The molecular formula is C5H4F3N2O3-. The molecule has 0 amide bonds. The highest BCUT2D eigenvalue weighted by Gasteiger charge is 2.46. The van der Waals surface area contributed by atoms with Crippen LogP contribution in [-0.4, -0.2) is 28.7 Å². The number of carbonyl (C=O) groups is 1. The van der Waals surface area contributed by atoms with E-state index in [1.165, 1.54) is 5.43 Å². The molecule has 0 fully saturated rings. The van der Waals surface area contributed by atoms with Gasteiger partial charge in [-0.25, -0.2) is 0 Å². The van der Waals surface area contributed by atoms with Crippen LogP contribution in [0.4, 0.5) is 13.2 Å². The Hall–Kier alpha value is -1.31. The quantitative estimate of drug-likeness (QED) is 0.526. The van der Waals surface area contributed by atoms with Crippen LogP contribution in [0.15, 0.2) is 5.10 Å². The molecular weight excluding hydrogens is 193 g/mol. The topological polar surface area (TPSA) is 84.8 Å². The van der Waals surface area contributed by atoms with E-state index in [0.29, 0.717) is 0 Å². The van der Waals surface area contributed by atoms with Gasteiger partial charge in [-0.1, -0.05) is 0 Å². The van der Waals surface area contributed by atoms with E-state index in [1.54, 1.807) is 0 Å². The molecule has 1 atom stereocenters. The van der Waals surface area contributed by atoms with Gasteiger partial charge < -0.3 is 15.0 Å². The predicted octanol–water partition coefficient (Wildman–Crippen LogP) is -1.66. The minimum atomic E-state index is -4.74. The SMILES string of the molecule is O=C([O-])C1(O)CC(C(F)(F)F)=NN1. The van der Waals surface area contributed by atoms with E-state index >= 15 is 0 Å². The van der Waals surface area contributed by atoms with E-state index < -0.39 is 30.0 Å². The summed E-state index contributed by atoms with van der Waals surface area (Å²) < 4.78 is 35.6. The predicted molar refractivity (Wildman–Crippen MR) is 31.2 cm³/mol. The monoisotopic (exact) mass is 197 g/mol. The third kappa shape index (κ3) is 1.72. The lowest BCUT2D eigenvalue weighted by atomic mass is 10.1. The van der Waals surface area contributed by atoms with Gasteiger partial charge in [0.1, 0.15) is 5.71 Å². The maximum absolute atomic E-state index is 11.9. The van der Waals surface area contributed by atoms with Gasteiger partial charge in [0, 0.05) is 0 Å². The number of nitrogens with one attached hydrogen (secondary N) is 1. The molecule has 5 nitrogen and oxygen atoms in total. The minimum absolute atomic E-state index is 1.15. The van der Waals surface area contributed by atoms with Crippen LogP contribution < -0.4 is 10.5 Å². The van der Waals surface area contributed by atoms with Gasteiger partial charge in [-0.2, -0.15) is 18.3 Å². The third-order valence-corrected chi connectivity index (χ3v) is 1.46. The molecule has 0 spiro atoms. The highest BCUT2D eigenvalue weighted by atomic mass is 19.4. The molecule has 0 radical (unpaired) electrons. The van der Waals surface area contributed by atoms with Crippen LogP contribution in [0.1, 0.15) is 6.42 Å². The molecule has 2 N–H and O–H groups in total. The first-order chi connectivity index (χ1) is 5.76. The molecule has 1 unspecified atom stereocenters. The van der Waals surface area contributed by atoms with Gasteiger partial charge in [0.25, 0.3) is 0 Å². The van der Waals surface area contributed by atoms with Gasteiger partial charge in [-0.3, -0.25) is 5.43 Å². The summed E-state index contributed by atoms with van der Waals surface area (Å²) in [6.45, 7) is 0. The van der Waals surface area contributed by atoms with E-state index in [4.69, 9.17) is 5.11 Å². The van der Waals surface area contributed by atoms with Crippen molar-refractivity contribution in [3.8, 4) is 0 Å². The van der Waals surface area contributed by atoms with Crippen molar-refractivity contribution in [1.82, 2.24) is 5.43 Å². The number of hydrazone groups is 1. The summed E-state index contributed by atoms with van der Waals surface area (Å²) in [4.78, 5) is 10.1. The Morgan fingerprint density at radius 2 is 2.23 bits per heavy atom.